The van der Waals surface area contributed by atoms with Gasteiger partial charge in [-0.25, -0.2) is 0 Å². The Labute approximate surface area is 109 Å². The summed E-state index contributed by atoms with van der Waals surface area (Å²) in [7, 11) is 0. The molecule has 3 aromatic rings. The van der Waals surface area contributed by atoms with Crippen molar-refractivity contribution in [1.29, 1.82) is 0 Å². The number of benzene rings is 1. The van der Waals surface area contributed by atoms with Gasteiger partial charge in [0.05, 0.1) is 5.69 Å². The molecule has 3 N–H and O–H groups in total. The van der Waals surface area contributed by atoms with Crippen LogP contribution in [0.1, 0.15) is 11.5 Å². The molecule has 0 aliphatic heterocycles. The normalized spacial score (nSPS) is 11.2. The quantitative estimate of drug-likeness (QED) is 0.702. The molecule has 19 heavy (non-hydrogen) atoms. The Hall–Kier alpha value is -2.82. The lowest BCUT2D eigenvalue weighted by Crippen LogP contribution is -1.83. The van der Waals surface area contributed by atoms with Crippen LogP contribution in [0.25, 0.3) is 23.7 Å². The number of nitrogens with zero attached hydrogens (tertiary/aromatic N) is 2. The monoisotopic (exact) mass is 252 g/mol. The summed E-state index contributed by atoms with van der Waals surface area (Å²) in [5.41, 5.74) is 8.24. The molecule has 0 bridgehead atoms. The van der Waals surface area contributed by atoms with Gasteiger partial charge in [-0.05, 0) is 35.9 Å². The first kappa shape index (κ1) is 11.3. The molecular formula is C14H12N4O. The fourth-order valence-corrected chi connectivity index (χ4v) is 1.71. The highest BCUT2D eigenvalue weighted by Crippen LogP contribution is 2.15. The third kappa shape index (κ3) is 2.55. The van der Waals surface area contributed by atoms with Gasteiger partial charge in [-0.15, -0.1) is 0 Å². The molecule has 5 heteroatoms. The summed E-state index contributed by atoms with van der Waals surface area (Å²) in [6, 6.07) is 11.3. The van der Waals surface area contributed by atoms with Crippen molar-refractivity contribution in [2.24, 2.45) is 0 Å². The molecule has 0 radical (unpaired) electrons. The summed E-state index contributed by atoms with van der Waals surface area (Å²) in [6.07, 6.45) is 5.45. The van der Waals surface area contributed by atoms with Crippen molar-refractivity contribution < 1.29 is 4.52 Å². The summed E-state index contributed by atoms with van der Waals surface area (Å²) in [5, 5.41) is 3.90. The topological polar surface area (TPSA) is 80.7 Å². The standard InChI is InChI=1S/C14H12N4O/c15-11-4-1-3-10(9-11)6-7-13-17-14(18-19-13)12-5-2-8-16-12/h1-9,16H,15H2/b7-6+. The summed E-state index contributed by atoms with van der Waals surface area (Å²) in [4.78, 5) is 7.29. The van der Waals surface area contributed by atoms with Crippen molar-refractivity contribution in [3.63, 3.8) is 0 Å². The zero-order chi connectivity index (χ0) is 13.1. The lowest BCUT2D eigenvalue weighted by Gasteiger charge is -1.94. The maximum Gasteiger partial charge on any atom is 0.251 e. The van der Waals surface area contributed by atoms with Crippen molar-refractivity contribution in [2.45, 2.75) is 0 Å². The fraction of sp³-hybridized carbons (Fsp3) is 0. The Balaban J connectivity index is 1.81. The molecule has 0 fully saturated rings. The molecule has 0 aliphatic rings. The van der Waals surface area contributed by atoms with Crippen LogP contribution < -0.4 is 5.73 Å². The van der Waals surface area contributed by atoms with E-state index in [2.05, 4.69) is 15.1 Å². The Bertz CT molecular complexity index is 698. The number of nitrogen functional groups attached to an aromatic ring is 1. The van der Waals surface area contributed by atoms with Gasteiger partial charge in [-0.1, -0.05) is 17.3 Å². The number of rotatable bonds is 3. The Kier molecular flexibility index (Phi) is 2.86. The second kappa shape index (κ2) is 4.81. The van der Waals surface area contributed by atoms with Crippen molar-refractivity contribution >= 4 is 17.8 Å². The molecule has 0 saturated carbocycles. The molecule has 0 amide bonds. The predicted molar refractivity (Wildman–Crippen MR) is 73.9 cm³/mol. The van der Waals surface area contributed by atoms with E-state index in [-0.39, 0.29) is 0 Å². The number of hydrogen-bond donors (Lipinski definition) is 2. The molecular weight excluding hydrogens is 240 g/mol. The number of nitrogens with two attached hydrogens (primary N) is 1. The van der Waals surface area contributed by atoms with Gasteiger partial charge in [0, 0.05) is 18.0 Å². The third-order valence-corrected chi connectivity index (χ3v) is 2.61. The molecule has 3 rings (SSSR count). The molecule has 0 atom stereocenters. The number of H-pyrrole nitrogens is 1. The van der Waals surface area contributed by atoms with Gasteiger partial charge < -0.3 is 15.2 Å². The maximum atomic E-state index is 5.71. The second-order valence-corrected chi connectivity index (χ2v) is 4.04. The largest absolute Gasteiger partial charge is 0.399 e. The number of anilines is 1. The van der Waals surface area contributed by atoms with Crippen LogP contribution in [-0.2, 0) is 0 Å². The fourth-order valence-electron chi connectivity index (χ4n) is 1.71. The van der Waals surface area contributed by atoms with E-state index in [0.717, 1.165) is 16.9 Å². The molecule has 0 unspecified atom stereocenters. The van der Waals surface area contributed by atoms with E-state index in [4.69, 9.17) is 10.3 Å². The van der Waals surface area contributed by atoms with Crippen molar-refractivity contribution in [1.82, 2.24) is 15.1 Å². The first-order valence-corrected chi connectivity index (χ1v) is 5.82. The average molecular weight is 252 g/mol. The van der Waals surface area contributed by atoms with E-state index in [0.29, 0.717) is 11.7 Å². The molecule has 0 saturated heterocycles. The number of aromatic amines is 1. The van der Waals surface area contributed by atoms with Crippen LogP contribution in [0.2, 0.25) is 0 Å². The van der Waals surface area contributed by atoms with Gasteiger partial charge in [0.15, 0.2) is 0 Å². The van der Waals surface area contributed by atoms with Crippen LogP contribution in [0.15, 0.2) is 47.1 Å². The van der Waals surface area contributed by atoms with E-state index in [1.165, 1.54) is 0 Å². The number of nitrogens with one attached hydrogen (secondary N) is 1. The summed E-state index contributed by atoms with van der Waals surface area (Å²) >= 11 is 0. The van der Waals surface area contributed by atoms with Gasteiger partial charge in [0.25, 0.3) is 5.89 Å². The highest BCUT2D eigenvalue weighted by molar-refractivity contribution is 5.68. The highest BCUT2D eigenvalue weighted by Gasteiger charge is 2.06. The Morgan fingerprint density at radius 3 is 2.89 bits per heavy atom. The van der Waals surface area contributed by atoms with Crippen LogP contribution in [-0.4, -0.2) is 15.1 Å². The van der Waals surface area contributed by atoms with E-state index >= 15 is 0 Å². The minimum absolute atomic E-state index is 0.451. The first-order chi connectivity index (χ1) is 9.31. The van der Waals surface area contributed by atoms with E-state index < -0.39 is 0 Å². The van der Waals surface area contributed by atoms with Gasteiger partial charge >= 0.3 is 0 Å². The second-order valence-electron chi connectivity index (χ2n) is 4.04. The van der Waals surface area contributed by atoms with Crippen molar-refractivity contribution in [3.8, 4) is 11.5 Å². The minimum Gasteiger partial charge on any atom is -0.399 e. The number of hydrogen-bond acceptors (Lipinski definition) is 4. The van der Waals surface area contributed by atoms with Crippen LogP contribution >= 0.6 is 0 Å². The Morgan fingerprint density at radius 1 is 1.16 bits per heavy atom. The van der Waals surface area contributed by atoms with Crippen molar-refractivity contribution in [3.05, 3.63) is 54.0 Å². The van der Waals surface area contributed by atoms with Crippen LogP contribution in [0.5, 0.6) is 0 Å². The molecule has 5 nitrogen and oxygen atoms in total. The molecule has 1 aromatic carbocycles. The Morgan fingerprint density at radius 2 is 2.11 bits per heavy atom. The smallest absolute Gasteiger partial charge is 0.251 e. The van der Waals surface area contributed by atoms with Gasteiger partial charge in [0.2, 0.25) is 5.82 Å². The van der Waals surface area contributed by atoms with Crippen LogP contribution in [0, 0.1) is 0 Å². The minimum atomic E-state index is 0.451. The zero-order valence-electron chi connectivity index (χ0n) is 10.1. The summed E-state index contributed by atoms with van der Waals surface area (Å²) in [6.45, 7) is 0. The lowest BCUT2D eigenvalue weighted by atomic mass is 10.2. The summed E-state index contributed by atoms with van der Waals surface area (Å²) in [5.74, 6) is 0.990. The van der Waals surface area contributed by atoms with Gasteiger partial charge in [-0.3, -0.25) is 0 Å². The third-order valence-electron chi connectivity index (χ3n) is 2.61. The van der Waals surface area contributed by atoms with Crippen molar-refractivity contribution in [2.75, 3.05) is 5.73 Å². The van der Waals surface area contributed by atoms with Crippen LogP contribution in [0.4, 0.5) is 5.69 Å². The lowest BCUT2D eigenvalue weighted by molar-refractivity contribution is 0.411. The molecule has 94 valence electrons. The van der Waals surface area contributed by atoms with E-state index in [9.17, 15) is 0 Å². The SMILES string of the molecule is Nc1cccc(/C=C/c2nc(-c3ccc[nH]3)no2)c1. The van der Waals surface area contributed by atoms with E-state index in [1.807, 2.05) is 48.7 Å². The predicted octanol–water partition coefficient (Wildman–Crippen LogP) is 2.82. The van der Waals surface area contributed by atoms with Gasteiger partial charge in [-0.2, -0.15) is 4.98 Å². The molecule has 2 aromatic heterocycles. The molecule has 0 aliphatic carbocycles. The average Bonchev–Trinajstić information content (AvgIpc) is 3.07. The molecule has 0 spiro atoms. The van der Waals surface area contributed by atoms with Gasteiger partial charge in [0.1, 0.15) is 0 Å². The molecule has 2 heterocycles. The first-order valence-electron chi connectivity index (χ1n) is 5.82. The highest BCUT2D eigenvalue weighted by atomic mass is 16.5. The summed E-state index contributed by atoms with van der Waals surface area (Å²) < 4.78 is 5.14. The maximum absolute atomic E-state index is 5.71. The van der Waals surface area contributed by atoms with E-state index in [1.54, 1.807) is 6.08 Å². The zero-order valence-corrected chi connectivity index (χ0v) is 10.1. The van der Waals surface area contributed by atoms with Crippen LogP contribution in [0.3, 0.4) is 0 Å². The number of aromatic nitrogens is 3.